The van der Waals surface area contributed by atoms with Crippen molar-refractivity contribution < 1.29 is 13.2 Å². The molecule has 0 aromatic rings. The molecule has 0 radical (unpaired) electrons. The van der Waals surface area contributed by atoms with Gasteiger partial charge in [-0.25, -0.2) is 12.7 Å². The molecule has 1 atom stereocenters. The van der Waals surface area contributed by atoms with Crippen LogP contribution >= 0.6 is 0 Å². The van der Waals surface area contributed by atoms with Crippen molar-refractivity contribution in [3.8, 4) is 0 Å². The first-order chi connectivity index (χ1) is 8.38. The molecular formula is C12H24N2O3S. The van der Waals surface area contributed by atoms with Crippen molar-refractivity contribution in [3.05, 3.63) is 0 Å². The predicted molar refractivity (Wildman–Crippen MR) is 71.7 cm³/mol. The van der Waals surface area contributed by atoms with E-state index in [1.165, 1.54) is 10.6 Å². The topological polar surface area (TPSA) is 66.5 Å². The number of nitrogens with one attached hydrogen (secondary N) is 1. The van der Waals surface area contributed by atoms with Crippen LogP contribution in [0.4, 0.5) is 0 Å². The highest BCUT2D eigenvalue weighted by Crippen LogP contribution is 2.19. The number of hydrogen-bond acceptors (Lipinski definition) is 3. The van der Waals surface area contributed by atoms with E-state index in [4.69, 9.17) is 0 Å². The van der Waals surface area contributed by atoms with Crippen LogP contribution in [-0.2, 0) is 14.8 Å². The number of nitrogens with zero attached hydrogens (tertiary/aromatic N) is 1. The Morgan fingerprint density at radius 3 is 2.50 bits per heavy atom. The molecule has 6 heteroatoms. The zero-order valence-corrected chi connectivity index (χ0v) is 12.3. The molecule has 1 heterocycles. The highest BCUT2D eigenvalue weighted by Gasteiger charge is 2.30. The van der Waals surface area contributed by atoms with E-state index >= 15 is 0 Å². The molecule has 18 heavy (non-hydrogen) atoms. The zero-order chi connectivity index (χ0) is 13.8. The molecule has 0 unspecified atom stereocenters. The highest BCUT2D eigenvalue weighted by atomic mass is 32.2. The molecule has 0 bridgehead atoms. The van der Waals surface area contributed by atoms with Gasteiger partial charge in [-0.15, -0.1) is 0 Å². The van der Waals surface area contributed by atoms with E-state index in [0.717, 1.165) is 25.7 Å². The van der Waals surface area contributed by atoms with E-state index < -0.39 is 10.0 Å². The summed E-state index contributed by atoms with van der Waals surface area (Å²) < 4.78 is 24.4. The minimum Gasteiger partial charge on any atom is -0.353 e. The number of amides is 1. The summed E-state index contributed by atoms with van der Waals surface area (Å²) >= 11 is 0. The van der Waals surface area contributed by atoms with Gasteiger partial charge in [0.2, 0.25) is 15.9 Å². The fourth-order valence-corrected chi connectivity index (χ4v) is 3.18. The summed E-state index contributed by atoms with van der Waals surface area (Å²) in [4.78, 5) is 12.1. The lowest BCUT2D eigenvalue weighted by molar-refractivity contribution is -0.126. The number of hydrogen-bond donors (Lipinski definition) is 1. The molecule has 1 N–H and O–H groups in total. The van der Waals surface area contributed by atoms with Crippen LogP contribution in [0.25, 0.3) is 0 Å². The molecule has 1 rings (SSSR count). The summed E-state index contributed by atoms with van der Waals surface area (Å²) in [6.07, 6.45) is 4.55. The SMILES string of the molecule is CCC(CC)NC(=O)[C@@H]1CCCN(S(C)(=O)=O)C1. The van der Waals surface area contributed by atoms with Crippen molar-refractivity contribution >= 4 is 15.9 Å². The van der Waals surface area contributed by atoms with E-state index in [1.807, 2.05) is 13.8 Å². The van der Waals surface area contributed by atoms with Gasteiger partial charge in [0.15, 0.2) is 0 Å². The van der Waals surface area contributed by atoms with E-state index in [0.29, 0.717) is 13.1 Å². The molecule has 0 aliphatic carbocycles. The third kappa shape index (κ3) is 4.24. The van der Waals surface area contributed by atoms with Gasteiger partial charge in [-0.05, 0) is 25.7 Å². The quantitative estimate of drug-likeness (QED) is 0.813. The zero-order valence-electron chi connectivity index (χ0n) is 11.5. The van der Waals surface area contributed by atoms with Crippen LogP contribution in [0.2, 0.25) is 0 Å². The summed E-state index contributed by atoms with van der Waals surface area (Å²) in [5, 5.41) is 3.00. The lowest BCUT2D eigenvalue weighted by Gasteiger charge is -2.31. The monoisotopic (exact) mass is 276 g/mol. The molecule has 5 nitrogen and oxygen atoms in total. The van der Waals surface area contributed by atoms with E-state index in [2.05, 4.69) is 5.32 Å². The Bertz CT molecular complexity index is 377. The number of rotatable bonds is 5. The molecule has 1 fully saturated rings. The van der Waals surface area contributed by atoms with Crippen LogP contribution in [0.15, 0.2) is 0 Å². The highest BCUT2D eigenvalue weighted by molar-refractivity contribution is 7.88. The second-order valence-corrected chi connectivity index (χ2v) is 6.96. The Balaban J connectivity index is 2.58. The average molecular weight is 276 g/mol. The summed E-state index contributed by atoms with van der Waals surface area (Å²) in [6, 6.07) is 0.200. The van der Waals surface area contributed by atoms with Crippen LogP contribution in [0.1, 0.15) is 39.5 Å². The van der Waals surface area contributed by atoms with Gasteiger partial charge in [0.25, 0.3) is 0 Å². The van der Waals surface area contributed by atoms with Gasteiger partial charge >= 0.3 is 0 Å². The van der Waals surface area contributed by atoms with Crippen LogP contribution in [0, 0.1) is 5.92 Å². The normalized spacial score (nSPS) is 22.1. The first-order valence-corrected chi connectivity index (χ1v) is 8.48. The molecule has 0 aromatic carbocycles. The van der Waals surface area contributed by atoms with Crippen LogP contribution in [-0.4, -0.2) is 44.0 Å². The third-order valence-electron chi connectivity index (χ3n) is 3.56. The fourth-order valence-electron chi connectivity index (χ4n) is 2.27. The summed E-state index contributed by atoms with van der Waals surface area (Å²) in [5.41, 5.74) is 0. The minimum atomic E-state index is -3.18. The van der Waals surface area contributed by atoms with Gasteiger partial charge in [0.05, 0.1) is 12.2 Å². The third-order valence-corrected chi connectivity index (χ3v) is 4.83. The standard InChI is InChI=1S/C12H24N2O3S/c1-4-11(5-2)13-12(15)10-7-6-8-14(9-10)18(3,16)17/h10-11H,4-9H2,1-3H3,(H,13,15)/t10-/m1/s1. The van der Waals surface area contributed by atoms with Crippen molar-refractivity contribution in [2.75, 3.05) is 19.3 Å². The number of carbonyl (C=O) groups is 1. The Morgan fingerprint density at radius 2 is 2.00 bits per heavy atom. The number of carbonyl (C=O) groups excluding carboxylic acids is 1. The Kier molecular flexibility index (Phi) is 5.59. The fraction of sp³-hybridized carbons (Fsp3) is 0.917. The van der Waals surface area contributed by atoms with E-state index in [-0.39, 0.29) is 17.9 Å². The van der Waals surface area contributed by atoms with Gasteiger partial charge in [-0.3, -0.25) is 4.79 Å². The summed E-state index contributed by atoms with van der Waals surface area (Å²) in [6.45, 7) is 4.94. The second kappa shape index (κ2) is 6.52. The molecule has 106 valence electrons. The molecule has 1 aliphatic rings. The minimum absolute atomic E-state index is 0.00273. The smallest absolute Gasteiger partial charge is 0.224 e. The molecule has 0 aromatic heterocycles. The van der Waals surface area contributed by atoms with Crippen molar-refractivity contribution in [2.45, 2.75) is 45.6 Å². The van der Waals surface area contributed by atoms with E-state index in [1.54, 1.807) is 0 Å². The number of sulfonamides is 1. The van der Waals surface area contributed by atoms with Gasteiger partial charge in [0.1, 0.15) is 0 Å². The average Bonchev–Trinajstić information content (AvgIpc) is 2.34. The first-order valence-electron chi connectivity index (χ1n) is 6.64. The molecule has 0 saturated carbocycles. The number of piperidine rings is 1. The van der Waals surface area contributed by atoms with Crippen molar-refractivity contribution in [1.29, 1.82) is 0 Å². The molecule has 1 amide bonds. The first kappa shape index (κ1) is 15.4. The maximum absolute atomic E-state index is 12.1. The van der Waals surface area contributed by atoms with Gasteiger partial charge in [0, 0.05) is 19.1 Å². The predicted octanol–water partition coefficient (Wildman–Crippen LogP) is 0.963. The van der Waals surface area contributed by atoms with Gasteiger partial charge in [-0.1, -0.05) is 13.8 Å². The molecule has 1 aliphatic heterocycles. The van der Waals surface area contributed by atoms with Gasteiger partial charge < -0.3 is 5.32 Å². The maximum atomic E-state index is 12.1. The van der Waals surface area contributed by atoms with Crippen molar-refractivity contribution in [2.24, 2.45) is 5.92 Å². The molecule has 0 spiro atoms. The summed E-state index contributed by atoms with van der Waals surface area (Å²) in [7, 11) is -3.18. The molecule has 1 saturated heterocycles. The van der Waals surface area contributed by atoms with Crippen molar-refractivity contribution in [1.82, 2.24) is 9.62 Å². The van der Waals surface area contributed by atoms with Crippen molar-refractivity contribution in [3.63, 3.8) is 0 Å². The lowest BCUT2D eigenvalue weighted by Crippen LogP contribution is -2.47. The molecular weight excluding hydrogens is 252 g/mol. The largest absolute Gasteiger partial charge is 0.353 e. The maximum Gasteiger partial charge on any atom is 0.224 e. The lowest BCUT2D eigenvalue weighted by atomic mass is 9.98. The van der Waals surface area contributed by atoms with Gasteiger partial charge in [-0.2, -0.15) is 0 Å². The Hall–Kier alpha value is -0.620. The second-order valence-electron chi connectivity index (χ2n) is 4.98. The van der Waals surface area contributed by atoms with Crippen LogP contribution in [0.5, 0.6) is 0 Å². The Morgan fingerprint density at radius 1 is 1.39 bits per heavy atom. The van der Waals surface area contributed by atoms with Crippen LogP contribution < -0.4 is 5.32 Å². The van der Waals surface area contributed by atoms with Crippen LogP contribution in [0.3, 0.4) is 0 Å². The summed E-state index contributed by atoms with van der Waals surface area (Å²) in [5.74, 6) is -0.203. The Labute approximate surface area is 110 Å². The van der Waals surface area contributed by atoms with E-state index in [9.17, 15) is 13.2 Å².